The minimum absolute atomic E-state index is 0.103. The highest BCUT2D eigenvalue weighted by Crippen LogP contribution is 2.31. The molecule has 6 nitrogen and oxygen atoms in total. The zero-order valence-corrected chi connectivity index (χ0v) is 18.2. The number of aromatic nitrogens is 3. The molecule has 2 N–H and O–H groups in total. The molecular weight excluding hydrogens is 386 g/mol. The van der Waals surface area contributed by atoms with Gasteiger partial charge < -0.3 is 10.6 Å². The van der Waals surface area contributed by atoms with Crippen LogP contribution in [0.5, 0.6) is 0 Å². The fourth-order valence-electron chi connectivity index (χ4n) is 4.95. The van der Waals surface area contributed by atoms with Crippen LogP contribution in [0.1, 0.15) is 61.3 Å². The second kappa shape index (κ2) is 8.79. The lowest BCUT2D eigenvalue weighted by Crippen LogP contribution is -2.35. The van der Waals surface area contributed by atoms with Crippen LogP contribution in [-0.4, -0.2) is 33.7 Å². The highest BCUT2D eigenvalue weighted by atomic mass is 16.1. The number of pyridine rings is 1. The highest BCUT2D eigenvalue weighted by Gasteiger charge is 2.23. The Kier molecular flexibility index (Phi) is 5.72. The van der Waals surface area contributed by atoms with Gasteiger partial charge in [-0.25, -0.2) is 4.98 Å². The molecule has 3 heterocycles. The van der Waals surface area contributed by atoms with Gasteiger partial charge in [-0.15, -0.1) is 0 Å². The average Bonchev–Trinajstić information content (AvgIpc) is 3.31. The number of rotatable bonds is 5. The van der Waals surface area contributed by atoms with E-state index in [1.54, 1.807) is 0 Å². The molecule has 1 aromatic carbocycles. The van der Waals surface area contributed by atoms with E-state index in [2.05, 4.69) is 46.8 Å². The van der Waals surface area contributed by atoms with Crippen molar-refractivity contribution in [1.82, 2.24) is 19.9 Å². The maximum Gasteiger partial charge on any atom is 0.256 e. The third-order valence-electron chi connectivity index (χ3n) is 6.72. The third kappa shape index (κ3) is 4.35. The van der Waals surface area contributed by atoms with Crippen LogP contribution >= 0.6 is 0 Å². The normalized spacial score (nSPS) is 18.0. The first-order valence-corrected chi connectivity index (χ1v) is 11.6. The SMILES string of the molecule is Cc1ccc(Cc2cc3cnc(NC4CCNCC4)nc3n(C3CCCC3)c2=O)cc1. The van der Waals surface area contributed by atoms with Crippen LogP contribution in [-0.2, 0) is 6.42 Å². The third-order valence-corrected chi connectivity index (χ3v) is 6.72. The molecule has 1 aliphatic heterocycles. The fraction of sp³-hybridized carbons (Fsp3) is 0.480. The summed E-state index contributed by atoms with van der Waals surface area (Å²) in [6.07, 6.45) is 9.08. The molecular formula is C25H31N5O. The molecule has 6 heteroatoms. The number of fused-ring (bicyclic) bond motifs is 1. The maximum absolute atomic E-state index is 13.6. The van der Waals surface area contributed by atoms with Crippen molar-refractivity contribution in [3.8, 4) is 0 Å². The van der Waals surface area contributed by atoms with Crippen molar-refractivity contribution in [3.63, 3.8) is 0 Å². The van der Waals surface area contributed by atoms with Crippen LogP contribution in [0.2, 0.25) is 0 Å². The number of anilines is 1. The molecule has 2 fully saturated rings. The van der Waals surface area contributed by atoms with Gasteiger partial charge in [0.25, 0.3) is 5.56 Å². The Hall–Kier alpha value is -2.73. The van der Waals surface area contributed by atoms with Gasteiger partial charge in [-0.2, -0.15) is 4.98 Å². The van der Waals surface area contributed by atoms with Crippen LogP contribution in [0.4, 0.5) is 5.95 Å². The molecule has 31 heavy (non-hydrogen) atoms. The van der Waals surface area contributed by atoms with Crippen molar-refractivity contribution < 1.29 is 0 Å². The monoisotopic (exact) mass is 417 g/mol. The summed E-state index contributed by atoms with van der Waals surface area (Å²) in [5.41, 5.74) is 4.09. The molecule has 162 valence electrons. The number of hydrogen-bond donors (Lipinski definition) is 2. The second-order valence-corrected chi connectivity index (χ2v) is 9.09. The molecule has 2 aromatic heterocycles. The van der Waals surface area contributed by atoms with Crippen LogP contribution in [0.3, 0.4) is 0 Å². The van der Waals surface area contributed by atoms with E-state index in [1.807, 2.05) is 16.8 Å². The summed E-state index contributed by atoms with van der Waals surface area (Å²) < 4.78 is 1.97. The van der Waals surface area contributed by atoms with Crippen molar-refractivity contribution in [2.75, 3.05) is 18.4 Å². The molecule has 0 radical (unpaired) electrons. The van der Waals surface area contributed by atoms with Gasteiger partial charge in [0, 0.05) is 35.7 Å². The summed E-state index contributed by atoms with van der Waals surface area (Å²) in [5, 5.41) is 7.83. The Morgan fingerprint density at radius 2 is 1.84 bits per heavy atom. The van der Waals surface area contributed by atoms with E-state index in [0.29, 0.717) is 18.4 Å². The molecule has 5 rings (SSSR count). The topological polar surface area (TPSA) is 71.8 Å². The van der Waals surface area contributed by atoms with Crippen LogP contribution in [0.25, 0.3) is 11.0 Å². The number of benzene rings is 1. The lowest BCUT2D eigenvalue weighted by Gasteiger charge is -2.24. The summed E-state index contributed by atoms with van der Waals surface area (Å²) in [4.78, 5) is 23.1. The predicted molar refractivity (Wildman–Crippen MR) is 125 cm³/mol. The number of hydrogen-bond acceptors (Lipinski definition) is 5. The fourth-order valence-corrected chi connectivity index (χ4v) is 4.95. The quantitative estimate of drug-likeness (QED) is 0.657. The number of piperidine rings is 1. The zero-order valence-electron chi connectivity index (χ0n) is 18.2. The Morgan fingerprint density at radius 3 is 2.58 bits per heavy atom. The van der Waals surface area contributed by atoms with Gasteiger partial charge >= 0.3 is 0 Å². The standard InChI is InChI=1S/C25H31N5O/c1-17-6-8-18(9-7-17)14-19-15-20-16-27-25(28-21-10-12-26-13-11-21)29-23(20)30(24(19)31)22-4-2-3-5-22/h6-9,15-16,21-22,26H,2-5,10-14H2,1H3,(H,27,28,29). The Labute approximate surface area is 183 Å². The highest BCUT2D eigenvalue weighted by molar-refractivity contribution is 5.76. The molecule has 1 aliphatic carbocycles. The minimum Gasteiger partial charge on any atom is -0.351 e. The van der Waals surface area contributed by atoms with Crippen LogP contribution in [0, 0.1) is 6.92 Å². The molecule has 0 amide bonds. The molecule has 2 aliphatic rings. The van der Waals surface area contributed by atoms with Gasteiger partial charge in [-0.05, 0) is 57.3 Å². The van der Waals surface area contributed by atoms with Crippen molar-refractivity contribution in [2.45, 2.75) is 64.0 Å². The number of nitrogens with zero attached hydrogens (tertiary/aromatic N) is 3. The van der Waals surface area contributed by atoms with Crippen molar-refractivity contribution in [1.29, 1.82) is 0 Å². The zero-order chi connectivity index (χ0) is 21.2. The summed E-state index contributed by atoms with van der Waals surface area (Å²) in [7, 11) is 0. The van der Waals surface area contributed by atoms with E-state index in [9.17, 15) is 4.79 Å². The van der Waals surface area contributed by atoms with Crippen LogP contribution < -0.4 is 16.2 Å². The lowest BCUT2D eigenvalue weighted by molar-refractivity contribution is 0.477. The smallest absolute Gasteiger partial charge is 0.256 e. The second-order valence-electron chi connectivity index (χ2n) is 9.09. The van der Waals surface area contributed by atoms with Crippen molar-refractivity contribution in [2.24, 2.45) is 0 Å². The van der Waals surface area contributed by atoms with E-state index < -0.39 is 0 Å². The molecule has 3 aromatic rings. The summed E-state index contributed by atoms with van der Waals surface area (Å²) in [6.45, 7) is 4.11. The van der Waals surface area contributed by atoms with E-state index in [0.717, 1.165) is 60.9 Å². The Balaban J connectivity index is 1.55. The Morgan fingerprint density at radius 1 is 1.10 bits per heavy atom. The first kappa shape index (κ1) is 20.2. The predicted octanol–water partition coefficient (Wildman–Crippen LogP) is 3.97. The van der Waals surface area contributed by atoms with Gasteiger partial charge in [0.1, 0.15) is 5.65 Å². The molecule has 0 spiro atoms. The van der Waals surface area contributed by atoms with E-state index in [1.165, 1.54) is 18.4 Å². The van der Waals surface area contributed by atoms with Gasteiger partial charge in [-0.1, -0.05) is 42.7 Å². The van der Waals surface area contributed by atoms with E-state index in [4.69, 9.17) is 4.98 Å². The van der Waals surface area contributed by atoms with E-state index in [-0.39, 0.29) is 11.6 Å². The number of aryl methyl sites for hydroxylation is 1. The van der Waals surface area contributed by atoms with Gasteiger partial charge in [-0.3, -0.25) is 9.36 Å². The van der Waals surface area contributed by atoms with E-state index >= 15 is 0 Å². The van der Waals surface area contributed by atoms with Crippen molar-refractivity contribution in [3.05, 3.63) is 63.6 Å². The first-order valence-electron chi connectivity index (χ1n) is 11.6. The van der Waals surface area contributed by atoms with Crippen LogP contribution in [0.15, 0.2) is 41.3 Å². The molecule has 1 saturated heterocycles. The van der Waals surface area contributed by atoms with Gasteiger partial charge in [0.2, 0.25) is 5.95 Å². The first-order chi connectivity index (χ1) is 15.2. The summed E-state index contributed by atoms with van der Waals surface area (Å²) in [6, 6.07) is 11.0. The van der Waals surface area contributed by atoms with Gasteiger partial charge in [0.05, 0.1) is 0 Å². The molecule has 0 atom stereocenters. The summed E-state index contributed by atoms with van der Waals surface area (Å²) in [5.74, 6) is 0.636. The minimum atomic E-state index is 0.103. The van der Waals surface area contributed by atoms with Gasteiger partial charge in [0.15, 0.2) is 0 Å². The lowest BCUT2D eigenvalue weighted by atomic mass is 10.0. The Bertz CT molecular complexity index is 1110. The largest absolute Gasteiger partial charge is 0.351 e. The molecule has 1 saturated carbocycles. The number of nitrogens with one attached hydrogen (secondary N) is 2. The molecule has 0 bridgehead atoms. The van der Waals surface area contributed by atoms with Crippen molar-refractivity contribution >= 4 is 17.0 Å². The maximum atomic E-state index is 13.6. The summed E-state index contributed by atoms with van der Waals surface area (Å²) >= 11 is 0. The average molecular weight is 418 g/mol. The molecule has 0 unspecified atom stereocenters.